The SMILES string of the molecule is O=C([C@@H]1C[C@H]2CC[C@H]1C2)N1CCN(c2ccccc2F)CC1. The van der Waals surface area contributed by atoms with E-state index in [-0.39, 0.29) is 11.7 Å². The van der Waals surface area contributed by atoms with Crippen molar-refractivity contribution in [2.45, 2.75) is 25.7 Å². The zero-order chi connectivity index (χ0) is 15.1. The number of halogens is 1. The molecule has 2 aliphatic carbocycles. The lowest BCUT2D eigenvalue weighted by Crippen LogP contribution is -2.51. The molecule has 1 saturated heterocycles. The first-order chi connectivity index (χ1) is 10.7. The molecule has 2 bridgehead atoms. The highest BCUT2D eigenvalue weighted by atomic mass is 19.1. The maximum atomic E-state index is 13.9. The molecule has 2 saturated carbocycles. The van der Waals surface area contributed by atoms with Gasteiger partial charge in [0, 0.05) is 32.1 Å². The topological polar surface area (TPSA) is 23.6 Å². The lowest BCUT2D eigenvalue weighted by molar-refractivity contribution is -0.137. The summed E-state index contributed by atoms with van der Waals surface area (Å²) in [4.78, 5) is 16.8. The smallest absolute Gasteiger partial charge is 0.226 e. The molecule has 1 heterocycles. The van der Waals surface area contributed by atoms with Crippen LogP contribution in [0.25, 0.3) is 0 Å². The average Bonchev–Trinajstić information content (AvgIpc) is 3.18. The van der Waals surface area contributed by atoms with Crippen molar-refractivity contribution in [3.8, 4) is 0 Å². The van der Waals surface area contributed by atoms with Crippen molar-refractivity contribution in [3.63, 3.8) is 0 Å². The molecule has 3 fully saturated rings. The van der Waals surface area contributed by atoms with E-state index in [4.69, 9.17) is 0 Å². The predicted octanol–water partition coefficient (Wildman–Crippen LogP) is 2.91. The number of carbonyl (C=O) groups is 1. The summed E-state index contributed by atoms with van der Waals surface area (Å²) in [7, 11) is 0. The zero-order valence-electron chi connectivity index (χ0n) is 12.9. The highest BCUT2D eigenvalue weighted by Crippen LogP contribution is 2.48. The Morgan fingerprint density at radius 3 is 2.45 bits per heavy atom. The van der Waals surface area contributed by atoms with Gasteiger partial charge >= 0.3 is 0 Å². The van der Waals surface area contributed by atoms with Crippen molar-refractivity contribution in [1.29, 1.82) is 0 Å². The van der Waals surface area contributed by atoms with E-state index in [0.717, 1.165) is 38.5 Å². The van der Waals surface area contributed by atoms with E-state index < -0.39 is 0 Å². The van der Waals surface area contributed by atoms with Crippen LogP contribution >= 0.6 is 0 Å². The molecule has 0 N–H and O–H groups in total. The summed E-state index contributed by atoms with van der Waals surface area (Å²) >= 11 is 0. The van der Waals surface area contributed by atoms with E-state index in [0.29, 0.717) is 17.5 Å². The fourth-order valence-corrected chi connectivity index (χ4v) is 4.66. The monoisotopic (exact) mass is 302 g/mol. The van der Waals surface area contributed by atoms with Crippen molar-refractivity contribution in [2.24, 2.45) is 17.8 Å². The third-order valence-corrected chi connectivity index (χ3v) is 5.84. The number of nitrogens with zero attached hydrogens (tertiary/aromatic N) is 2. The molecule has 4 rings (SSSR count). The van der Waals surface area contributed by atoms with Crippen LogP contribution in [-0.4, -0.2) is 37.0 Å². The normalized spacial score (nSPS) is 30.9. The summed E-state index contributed by atoms with van der Waals surface area (Å²) in [6.45, 7) is 2.91. The minimum absolute atomic E-state index is 0.171. The Hall–Kier alpha value is -1.58. The number of para-hydroxylation sites is 1. The fourth-order valence-electron chi connectivity index (χ4n) is 4.66. The Morgan fingerprint density at radius 2 is 1.82 bits per heavy atom. The number of piperazine rings is 1. The molecule has 3 atom stereocenters. The molecular weight excluding hydrogens is 279 g/mol. The molecule has 3 nitrogen and oxygen atoms in total. The summed E-state index contributed by atoms with van der Waals surface area (Å²) < 4.78 is 13.9. The molecule has 0 unspecified atom stereocenters. The number of fused-ring (bicyclic) bond motifs is 2. The van der Waals surface area contributed by atoms with Gasteiger partial charge in [-0.25, -0.2) is 4.39 Å². The maximum Gasteiger partial charge on any atom is 0.226 e. The molecule has 1 aromatic rings. The van der Waals surface area contributed by atoms with E-state index >= 15 is 0 Å². The van der Waals surface area contributed by atoms with Gasteiger partial charge in [-0.05, 0) is 43.2 Å². The van der Waals surface area contributed by atoms with Crippen molar-refractivity contribution in [3.05, 3.63) is 30.1 Å². The van der Waals surface area contributed by atoms with Crippen molar-refractivity contribution < 1.29 is 9.18 Å². The first-order valence-corrected chi connectivity index (χ1v) is 8.50. The summed E-state index contributed by atoms with van der Waals surface area (Å²) in [6, 6.07) is 6.91. The summed E-state index contributed by atoms with van der Waals surface area (Å²) in [5.74, 6) is 1.91. The van der Waals surface area contributed by atoms with Crippen molar-refractivity contribution >= 4 is 11.6 Å². The van der Waals surface area contributed by atoms with Gasteiger partial charge in [-0.1, -0.05) is 18.6 Å². The number of amides is 1. The lowest BCUT2D eigenvalue weighted by atomic mass is 9.87. The first-order valence-electron chi connectivity index (χ1n) is 8.50. The number of rotatable bonds is 2. The zero-order valence-corrected chi connectivity index (χ0v) is 12.9. The van der Waals surface area contributed by atoms with Gasteiger partial charge in [0.1, 0.15) is 5.82 Å². The van der Waals surface area contributed by atoms with E-state index in [1.165, 1.54) is 25.3 Å². The van der Waals surface area contributed by atoms with Gasteiger partial charge in [0.2, 0.25) is 5.91 Å². The highest BCUT2D eigenvalue weighted by molar-refractivity contribution is 5.80. The third-order valence-electron chi connectivity index (χ3n) is 5.84. The van der Waals surface area contributed by atoms with Crippen LogP contribution in [0.1, 0.15) is 25.7 Å². The van der Waals surface area contributed by atoms with Crippen molar-refractivity contribution in [2.75, 3.05) is 31.1 Å². The Balaban J connectivity index is 1.38. The first kappa shape index (κ1) is 14.0. The van der Waals surface area contributed by atoms with E-state index in [1.807, 2.05) is 17.0 Å². The van der Waals surface area contributed by atoms with Gasteiger partial charge in [-0.15, -0.1) is 0 Å². The van der Waals surface area contributed by atoms with Crippen LogP contribution < -0.4 is 4.90 Å². The molecule has 1 amide bonds. The molecule has 1 aromatic carbocycles. The van der Waals surface area contributed by atoms with Crippen LogP contribution in [0.2, 0.25) is 0 Å². The van der Waals surface area contributed by atoms with Crippen LogP contribution in [0.15, 0.2) is 24.3 Å². The molecule has 3 aliphatic rings. The molecule has 0 radical (unpaired) electrons. The Labute approximate surface area is 131 Å². The predicted molar refractivity (Wildman–Crippen MR) is 84.1 cm³/mol. The molecule has 22 heavy (non-hydrogen) atoms. The maximum absolute atomic E-state index is 13.9. The number of hydrogen-bond acceptors (Lipinski definition) is 2. The molecule has 1 aliphatic heterocycles. The minimum Gasteiger partial charge on any atom is -0.366 e. The van der Waals surface area contributed by atoms with Gasteiger partial charge < -0.3 is 9.80 Å². The third kappa shape index (κ3) is 2.38. The van der Waals surface area contributed by atoms with E-state index in [1.54, 1.807) is 6.07 Å². The summed E-state index contributed by atoms with van der Waals surface area (Å²) in [6.07, 6.45) is 4.95. The number of hydrogen-bond donors (Lipinski definition) is 0. The molecule has 0 aromatic heterocycles. The lowest BCUT2D eigenvalue weighted by Gasteiger charge is -2.38. The second-order valence-electron chi connectivity index (χ2n) is 7.05. The second-order valence-corrected chi connectivity index (χ2v) is 7.05. The quantitative estimate of drug-likeness (QED) is 0.838. The van der Waals surface area contributed by atoms with Gasteiger partial charge in [-0.3, -0.25) is 4.79 Å². The molecule has 4 heteroatoms. The molecule has 118 valence electrons. The van der Waals surface area contributed by atoms with E-state index in [9.17, 15) is 9.18 Å². The minimum atomic E-state index is -0.171. The van der Waals surface area contributed by atoms with Crippen LogP contribution in [0.3, 0.4) is 0 Å². The van der Waals surface area contributed by atoms with Crippen LogP contribution in [-0.2, 0) is 4.79 Å². The summed E-state index contributed by atoms with van der Waals surface area (Å²) in [5.41, 5.74) is 0.662. The number of carbonyl (C=O) groups excluding carboxylic acids is 1. The van der Waals surface area contributed by atoms with Crippen LogP contribution in [0.4, 0.5) is 10.1 Å². The largest absolute Gasteiger partial charge is 0.366 e. The fraction of sp³-hybridized carbons (Fsp3) is 0.611. The number of benzene rings is 1. The average molecular weight is 302 g/mol. The highest BCUT2D eigenvalue weighted by Gasteiger charge is 2.44. The van der Waals surface area contributed by atoms with Crippen molar-refractivity contribution in [1.82, 2.24) is 4.90 Å². The Morgan fingerprint density at radius 1 is 1.05 bits per heavy atom. The summed E-state index contributed by atoms with van der Waals surface area (Å²) in [5, 5.41) is 0. The van der Waals surface area contributed by atoms with Gasteiger partial charge in [0.25, 0.3) is 0 Å². The van der Waals surface area contributed by atoms with Crippen LogP contribution in [0.5, 0.6) is 0 Å². The van der Waals surface area contributed by atoms with E-state index in [2.05, 4.69) is 4.90 Å². The molecule has 0 spiro atoms. The molecular formula is C18H23FN2O. The van der Waals surface area contributed by atoms with Gasteiger partial charge in [0.05, 0.1) is 5.69 Å². The standard InChI is InChI=1S/C18H23FN2O/c19-16-3-1-2-4-17(16)20-7-9-21(10-8-20)18(22)15-12-13-5-6-14(15)11-13/h1-4,13-15H,5-12H2/t13-,14-,15+/m0/s1. The van der Waals surface area contributed by atoms with Gasteiger partial charge in [0.15, 0.2) is 0 Å². The Bertz CT molecular complexity index is 568. The van der Waals surface area contributed by atoms with Gasteiger partial charge in [-0.2, -0.15) is 0 Å². The second kappa shape index (κ2) is 5.56. The Kier molecular flexibility index (Phi) is 3.55. The number of anilines is 1. The van der Waals surface area contributed by atoms with Crippen LogP contribution in [0, 0.1) is 23.6 Å².